The van der Waals surface area contributed by atoms with Crippen LogP contribution in [-0.4, -0.2) is 49.0 Å². The van der Waals surface area contributed by atoms with E-state index in [0.717, 1.165) is 12.8 Å². The average molecular weight is 302 g/mol. The second kappa shape index (κ2) is 5.61. The molecule has 0 aromatic rings. The average Bonchev–Trinajstić information content (AvgIpc) is 2.39. The van der Waals surface area contributed by atoms with Gasteiger partial charge in [-0.15, -0.1) is 0 Å². The van der Waals surface area contributed by atoms with Crippen molar-refractivity contribution < 1.29 is 8.42 Å². The van der Waals surface area contributed by atoms with Crippen molar-refractivity contribution >= 4 is 16.0 Å². The molecule has 0 aromatic carbocycles. The van der Waals surface area contributed by atoms with E-state index in [1.165, 1.54) is 0 Å². The Morgan fingerprint density at radius 3 is 2.05 bits per heavy atom. The molecule has 0 aromatic heterocycles. The Hall–Kier alpha value is -0.660. The molecule has 2 rings (SSSR count). The maximum Gasteiger partial charge on any atom is 0.281 e. The fraction of sp³-hybridized carbons (Fsp3) is 0.923. The summed E-state index contributed by atoms with van der Waals surface area (Å²) in [6.45, 7) is 6.30. The molecule has 0 unspecified atom stereocenters. The molecule has 0 saturated carbocycles. The summed E-state index contributed by atoms with van der Waals surface area (Å²) in [5.41, 5.74) is 5.27. The third kappa shape index (κ3) is 2.99. The normalized spacial score (nSPS) is 26.5. The molecule has 0 spiro atoms. The lowest BCUT2D eigenvalue weighted by molar-refractivity contribution is 0.213. The summed E-state index contributed by atoms with van der Waals surface area (Å²) in [6, 6.07) is 0. The van der Waals surface area contributed by atoms with Crippen molar-refractivity contribution in [3.05, 3.63) is 0 Å². The number of nitrogens with two attached hydrogens (primary N) is 1. The summed E-state index contributed by atoms with van der Waals surface area (Å²) in [6.07, 6.45) is 3.15. The van der Waals surface area contributed by atoms with Gasteiger partial charge in [-0.25, -0.2) is 0 Å². The van der Waals surface area contributed by atoms with Crippen LogP contribution in [0.15, 0.2) is 0 Å². The number of amidine groups is 1. The first-order valence-electron chi connectivity index (χ1n) is 7.35. The van der Waals surface area contributed by atoms with Crippen LogP contribution in [0.25, 0.3) is 0 Å². The minimum atomic E-state index is -3.33. The molecule has 0 amide bonds. The Kier molecular flexibility index (Phi) is 4.41. The molecule has 0 radical (unpaired) electrons. The van der Waals surface area contributed by atoms with E-state index >= 15 is 0 Å². The van der Waals surface area contributed by atoms with Crippen LogP contribution in [0.3, 0.4) is 0 Å². The largest absolute Gasteiger partial charge is 0.387 e. The lowest BCUT2D eigenvalue weighted by Crippen LogP contribution is -2.52. The number of hydrogen-bond acceptors (Lipinski definition) is 3. The van der Waals surface area contributed by atoms with Gasteiger partial charge in [0.15, 0.2) is 0 Å². The zero-order chi connectivity index (χ0) is 15.0. The zero-order valence-corrected chi connectivity index (χ0v) is 13.2. The molecule has 0 aliphatic carbocycles. The maximum absolute atomic E-state index is 12.6. The van der Waals surface area contributed by atoms with E-state index in [1.807, 2.05) is 6.92 Å². The highest BCUT2D eigenvalue weighted by Gasteiger charge is 2.39. The molecule has 2 heterocycles. The Balaban J connectivity index is 2.00. The molecule has 116 valence electrons. The molecule has 2 saturated heterocycles. The van der Waals surface area contributed by atoms with Gasteiger partial charge in [0.05, 0.1) is 5.84 Å². The summed E-state index contributed by atoms with van der Waals surface area (Å²) in [5, 5.41) is 7.62. The fourth-order valence-corrected chi connectivity index (χ4v) is 4.50. The molecular formula is C13H26N4O2S. The molecule has 2 aliphatic rings. The second-order valence-corrected chi connectivity index (χ2v) is 8.39. The first kappa shape index (κ1) is 15.7. The Bertz CT molecular complexity index is 461. The summed E-state index contributed by atoms with van der Waals surface area (Å²) in [7, 11) is -3.33. The van der Waals surface area contributed by atoms with E-state index in [-0.39, 0.29) is 11.3 Å². The summed E-state index contributed by atoms with van der Waals surface area (Å²) < 4.78 is 28.4. The van der Waals surface area contributed by atoms with Crippen LogP contribution in [-0.2, 0) is 10.2 Å². The van der Waals surface area contributed by atoms with Crippen molar-refractivity contribution in [3.63, 3.8) is 0 Å². The smallest absolute Gasteiger partial charge is 0.281 e. The van der Waals surface area contributed by atoms with Gasteiger partial charge >= 0.3 is 0 Å². The first-order chi connectivity index (χ1) is 9.25. The maximum atomic E-state index is 12.6. The van der Waals surface area contributed by atoms with E-state index in [2.05, 4.69) is 6.92 Å². The first-order valence-corrected chi connectivity index (χ1v) is 8.75. The van der Waals surface area contributed by atoms with Crippen LogP contribution in [0.5, 0.6) is 0 Å². The Morgan fingerprint density at radius 1 is 1.15 bits per heavy atom. The number of nitrogens with one attached hydrogen (secondary N) is 1. The van der Waals surface area contributed by atoms with E-state index in [1.54, 1.807) is 8.61 Å². The topological polar surface area (TPSA) is 90.5 Å². The van der Waals surface area contributed by atoms with Crippen LogP contribution < -0.4 is 5.73 Å². The van der Waals surface area contributed by atoms with Crippen LogP contribution in [0.2, 0.25) is 0 Å². The van der Waals surface area contributed by atoms with Gasteiger partial charge in [-0.05, 0) is 31.6 Å². The van der Waals surface area contributed by atoms with Gasteiger partial charge in [0, 0.05) is 31.6 Å². The predicted molar refractivity (Wildman–Crippen MR) is 79.7 cm³/mol. The molecular weight excluding hydrogens is 276 g/mol. The van der Waals surface area contributed by atoms with E-state index < -0.39 is 10.2 Å². The van der Waals surface area contributed by atoms with Crippen LogP contribution in [0.1, 0.15) is 39.5 Å². The lowest BCUT2D eigenvalue weighted by Gasteiger charge is -2.40. The number of hydrogen-bond donors (Lipinski definition) is 2. The Labute approximate surface area is 122 Å². The van der Waals surface area contributed by atoms with Gasteiger partial charge in [-0.3, -0.25) is 5.41 Å². The molecule has 7 heteroatoms. The summed E-state index contributed by atoms with van der Waals surface area (Å²) in [5.74, 6) is 0.783. The van der Waals surface area contributed by atoms with E-state index in [9.17, 15) is 8.42 Å². The summed E-state index contributed by atoms with van der Waals surface area (Å²) in [4.78, 5) is 0. The molecule has 0 atom stereocenters. The van der Waals surface area contributed by atoms with Crippen molar-refractivity contribution in [2.75, 3.05) is 26.2 Å². The number of nitrogens with zero attached hydrogens (tertiary/aromatic N) is 2. The monoisotopic (exact) mass is 302 g/mol. The standard InChI is InChI=1S/C13H26N4O2S/c1-11-3-7-16(8-4-11)20(18,19)17-9-5-13(2,6-10-17)12(14)15/h11H,3-10H2,1-2H3,(H3,14,15). The van der Waals surface area contributed by atoms with Gasteiger partial charge in [0.1, 0.15) is 0 Å². The van der Waals surface area contributed by atoms with Crippen molar-refractivity contribution in [1.82, 2.24) is 8.61 Å². The highest BCUT2D eigenvalue weighted by atomic mass is 32.2. The highest BCUT2D eigenvalue weighted by Crippen LogP contribution is 2.32. The molecule has 6 nitrogen and oxygen atoms in total. The number of piperidine rings is 2. The highest BCUT2D eigenvalue weighted by molar-refractivity contribution is 7.86. The molecule has 0 bridgehead atoms. The van der Waals surface area contributed by atoms with Crippen molar-refractivity contribution in [2.45, 2.75) is 39.5 Å². The van der Waals surface area contributed by atoms with Gasteiger partial charge in [-0.1, -0.05) is 13.8 Å². The van der Waals surface area contributed by atoms with Crippen LogP contribution in [0.4, 0.5) is 0 Å². The van der Waals surface area contributed by atoms with Gasteiger partial charge in [0.25, 0.3) is 10.2 Å². The third-order valence-corrected chi connectivity index (χ3v) is 6.91. The quantitative estimate of drug-likeness (QED) is 0.602. The Morgan fingerprint density at radius 2 is 1.60 bits per heavy atom. The molecule has 20 heavy (non-hydrogen) atoms. The van der Waals surface area contributed by atoms with Crippen LogP contribution >= 0.6 is 0 Å². The number of rotatable bonds is 3. The van der Waals surface area contributed by atoms with Gasteiger partial charge < -0.3 is 5.73 Å². The summed E-state index contributed by atoms with van der Waals surface area (Å²) >= 11 is 0. The predicted octanol–water partition coefficient (Wildman–Crippen LogP) is 1.00. The lowest BCUT2D eigenvalue weighted by atomic mass is 9.80. The van der Waals surface area contributed by atoms with Crippen molar-refractivity contribution in [1.29, 1.82) is 5.41 Å². The second-order valence-electron chi connectivity index (χ2n) is 6.46. The SMILES string of the molecule is CC1CCN(S(=O)(=O)N2CCC(C)(C(=N)N)CC2)CC1. The molecule has 3 N–H and O–H groups in total. The zero-order valence-electron chi connectivity index (χ0n) is 12.4. The van der Waals surface area contributed by atoms with Crippen molar-refractivity contribution in [2.24, 2.45) is 17.1 Å². The van der Waals surface area contributed by atoms with E-state index in [4.69, 9.17) is 11.1 Å². The van der Waals surface area contributed by atoms with Crippen LogP contribution in [0, 0.1) is 16.7 Å². The minimum Gasteiger partial charge on any atom is -0.387 e. The minimum absolute atomic E-state index is 0.168. The van der Waals surface area contributed by atoms with Gasteiger partial charge in [-0.2, -0.15) is 17.0 Å². The fourth-order valence-electron chi connectivity index (χ4n) is 2.86. The van der Waals surface area contributed by atoms with E-state index in [0.29, 0.717) is 44.9 Å². The van der Waals surface area contributed by atoms with Crippen molar-refractivity contribution in [3.8, 4) is 0 Å². The molecule has 2 aliphatic heterocycles. The third-order valence-electron chi connectivity index (χ3n) is 4.87. The van der Waals surface area contributed by atoms with Gasteiger partial charge in [0.2, 0.25) is 0 Å². The molecule has 2 fully saturated rings.